The van der Waals surface area contributed by atoms with Crippen LogP contribution in [-0.2, 0) is 0 Å². The van der Waals surface area contributed by atoms with E-state index in [2.05, 4.69) is 167 Å². The highest BCUT2D eigenvalue weighted by molar-refractivity contribution is 7.25. The van der Waals surface area contributed by atoms with Crippen molar-refractivity contribution >= 4 is 97.1 Å². The van der Waals surface area contributed by atoms with Gasteiger partial charge in [0.15, 0.2) is 11.6 Å². The van der Waals surface area contributed by atoms with Crippen molar-refractivity contribution in [3.63, 3.8) is 0 Å². The molecule has 0 N–H and O–H groups in total. The molecule has 0 aliphatic carbocycles. The summed E-state index contributed by atoms with van der Waals surface area (Å²) in [4.78, 5) is 15.7. The minimum atomic E-state index is 0.552. The quantitative estimate of drug-likeness (QED) is 0.173. The maximum atomic E-state index is 6.82. The van der Waals surface area contributed by atoms with Gasteiger partial charge in [0, 0.05) is 74.9 Å². The summed E-state index contributed by atoms with van der Waals surface area (Å²) in [7, 11) is 0. The summed E-state index contributed by atoms with van der Waals surface area (Å²) in [6.07, 6.45) is 0. The van der Waals surface area contributed by atoms with Crippen molar-refractivity contribution in [3.05, 3.63) is 200 Å². The molecule has 14 aromatic rings. The Morgan fingerprint density at radius 3 is 1.64 bits per heavy atom. The molecule has 0 radical (unpaired) electrons. The second-order valence-electron chi connectivity index (χ2n) is 16.4. The molecule has 0 spiro atoms. The topological polar surface area (TPSA) is 61.7 Å². The molecule has 14 rings (SSSR count). The van der Waals surface area contributed by atoms with Crippen LogP contribution >= 0.6 is 11.3 Å². The van der Waals surface area contributed by atoms with Crippen LogP contribution in [0, 0.1) is 0 Å². The summed E-state index contributed by atoms with van der Waals surface area (Å²) < 4.78 is 14.1. The van der Waals surface area contributed by atoms with Crippen LogP contribution in [0.25, 0.3) is 131 Å². The van der Waals surface area contributed by atoms with E-state index < -0.39 is 0 Å². The van der Waals surface area contributed by atoms with Crippen molar-refractivity contribution in [1.82, 2.24) is 24.1 Å². The van der Waals surface area contributed by atoms with E-state index in [-0.39, 0.29) is 0 Å². The zero-order chi connectivity index (χ0) is 41.9. The van der Waals surface area contributed by atoms with Gasteiger partial charge in [-0.25, -0.2) is 4.98 Å². The monoisotopic (exact) mass is 835 g/mol. The zero-order valence-electron chi connectivity index (χ0n) is 34.1. The number of fused-ring (bicyclic) bond motifs is 13. The number of hydrogen-bond acceptors (Lipinski definition) is 5. The van der Waals surface area contributed by atoms with Crippen LogP contribution in [0.4, 0.5) is 0 Å². The molecule has 64 heavy (non-hydrogen) atoms. The molecule has 0 fully saturated rings. The predicted molar refractivity (Wildman–Crippen MR) is 265 cm³/mol. The number of thiophene rings is 1. The zero-order valence-corrected chi connectivity index (χ0v) is 34.9. The lowest BCUT2D eigenvalue weighted by Crippen LogP contribution is -2.07. The molecule has 0 aliphatic heterocycles. The Balaban J connectivity index is 1.12. The van der Waals surface area contributed by atoms with E-state index in [9.17, 15) is 0 Å². The highest BCUT2D eigenvalue weighted by Gasteiger charge is 2.25. The fourth-order valence-electron chi connectivity index (χ4n) is 9.92. The Labute approximate surface area is 369 Å². The maximum Gasteiger partial charge on any atom is 0.238 e. The minimum absolute atomic E-state index is 0.552. The summed E-state index contributed by atoms with van der Waals surface area (Å²) in [5, 5.41) is 9.18. The fraction of sp³-hybridized carbons (Fsp3) is 0. The van der Waals surface area contributed by atoms with E-state index in [0.29, 0.717) is 17.6 Å². The summed E-state index contributed by atoms with van der Waals surface area (Å²) in [6.45, 7) is 0. The third-order valence-electron chi connectivity index (χ3n) is 12.8. The molecule has 0 saturated heterocycles. The van der Waals surface area contributed by atoms with Crippen molar-refractivity contribution in [2.24, 2.45) is 0 Å². The van der Waals surface area contributed by atoms with Gasteiger partial charge in [0.2, 0.25) is 5.95 Å². The first-order valence-corrected chi connectivity index (χ1v) is 22.3. The predicted octanol–water partition coefficient (Wildman–Crippen LogP) is 15.3. The summed E-state index contributed by atoms with van der Waals surface area (Å²) in [6, 6.07) is 70.8. The van der Waals surface area contributed by atoms with Gasteiger partial charge in [-0.2, -0.15) is 9.97 Å². The lowest BCUT2D eigenvalue weighted by molar-refractivity contribution is 0.670. The second-order valence-corrected chi connectivity index (χ2v) is 17.4. The standard InChI is InChI=1S/C57H33N5OS/c1-3-15-34(16-4-1)55-58-56(35-17-5-2-6-18-35)60-57(59-55)62-48-24-12-8-20-39(48)43-29-28-42-38-19-7-11-23-47(38)61(52(42)53(43)62)37-32-44(54-46(33-37)40-21-9-13-25-49(40)63-54)36-27-30-51-45(31-36)41-22-10-14-26-50(41)64-51/h1-33H. The average molecular weight is 836 g/mol. The van der Waals surface area contributed by atoms with Gasteiger partial charge in [0.1, 0.15) is 11.2 Å². The Bertz CT molecular complexity index is 4140. The number of nitrogens with zero attached hydrogens (tertiary/aromatic N) is 5. The van der Waals surface area contributed by atoms with Gasteiger partial charge in [0.25, 0.3) is 0 Å². The van der Waals surface area contributed by atoms with E-state index in [1.807, 2.05) is 53.8 Å². The molecule has 0 unspecified atom stereocenters. The van der Waals surface area contributed by atoms with Gasteiger partial charge in [-0.1, -0.05) is 152 Å². The first-order chi connectivity index (χ1) is 31.7. The van der Waals surface area contributed by atoms with Crippen molar-refractivity contribution in [3.8, 4) is 45.5 Å². The molecule has 0 saturated carbocycles. The summed E-state index contributed by atoms with van der Waals surface area (Å²) >= 11 is 1.83. The molecule has 9 aromatic carbocycles. The number of benzene rings is 9. The lowest BCUT2D eigenvalue weighted by Gasteiger charge is -2.14. The number of rotatable bonds is 5. The molecule has 5 aromatic heterocycles. The van der Waals surface area contributed by atoms with Crippen molar-refractivity contribution in [2.75, 3.05) is 0 Å². The smallest absolute Gasteiger partial charge is 0.238 e. The first-order valence-electron chi connectivity index (χ1n) is 21.4. The van der Waals surface area contributed by atoms with Gasteiger partial charge >= 0.3 is 0 Å². The molecule has 298 valence electrons. The third kappa shape index (κ3) is 5.16. The van der Waals surface area contributed by atoms with E-state index in [4.69, 9.17) is 19.4 Å². The van der Waals surface area contributed by atoms with Crippen molar-refractivity contribution in [1.29, 1.82) is 0 Å². The van der Waals surface area contributed by atoms with Crippen LogP contribution < -0.4 is 0 Å². The lowest BCUT2D eigenvalue weighted by atomic mass is 9.99. The summed E-state index contributed by atoms with van der Waals surface area (Å²) in [5.41, 5.74) is 11.0. The number of aromatic nitrogens is 5. The highest BCUT2D eigenvalue weighted by Crippen LogP contribution is 2.45. The van der Waals surface area contributed by atoms with E-state index in [1.54, 1.807) is 0 Å². The van der Waals surface area contributed by atoms with Gasteiger partial charge < -0.3 is 8.98 Å². The van der Waals surface area contributed by atoms with E-state index in [1.165, 1.54) is 20.2 Å². The van der Waals surface area contributed by atoms with Crippen LogP contribution in [0.1, 0.15) is 0 Å². The van der Waals surface area contributed by atoms with Crippen molar-refractivity contribution in [2.45, 2.75) is 0 Å². The van der Waals surface area contributed by atoms with E-state index >= 15 is 0 Å². The molecule has 0 amide bonds. The van der Waals surface area contributed by atoms with Crippen LogP contribution in [0.3, 0.4) is 0 Å². The number of hydrogen-bond donors (Lipinski definition) is 0. The van der Waals surface area contributed by atoms with Gasteiger partial charge in [0.05, 0.1) is 22.1 Å². The van der Waals surface area contributed by atoms with Crippen LogP contribution in [0.2, 0.25) is 0 Å². The Morgan fingerprint density at radius 1 is 0.375 bits per heavy atom. The maximum absolute atomic E-state index is 6.82. The minimum Gasteiger partial charge on any atom is -0.455 e. The number of furan rings is 1. The SMILES string of the molecule is c1ccc(-c2nc(-c3ccccc3)nc(-n3c4ccccc4c4ccc5c6ccccc6n(-c6cc(-c7ccc8sc9ccccc9c8c7)c7oc8ccccc8c7c6)c5c43)n2)cc1. The molecule has 0 atom stereocenters. The molecule has 0 aliphatic rings. The largest absolute Gasteiger partial charge is 0.455 e. The Kier molecular flexibility index (Phi) is 7.46. The highest BCUT2D eigenvalue weighted by atomic mass is 32.1. The molecular formula is C57H33N5OS. The first kappa shape index (κ1) is 35.2. The average Bonchev–Trinajstić information content (AvgIpc) is 4.12. The van der Waals surface area contributed by atoms with Crippen LogP contribution in [0.5, 0.6) is 0 Å². The molecule has 5 heterocycles. The Hall–Kier alpha value is -8.39. The van der Waals surface area contributed by atoms with Crippen LogP contribution in [-0.4, -0.2) is 24.1 Å². The van der Waals surface area contributed by atoms with E-state index in [0.717, 1.165) is 93.5 Å². The second kappa shape index (κ2) is 13.6. The number of para-hydroxylation sites is 3. The molecular weight excluding hydrogens is 803 g/mol. The molecule has 6 nitrogen and oxygen atoms in total. The molecule has 7 heteroatoms. The fourth-order valence-corrected chi connectivity index (χ4v) is 11.0. The van der Waals surface area contributed by atoms with Gasteiger partial charge in [-0.3, -0.25) is 4.57 Å². The van der Waals surface area contributed by atoms with Gasteiger partial charge in [-0.15, -0.1) is 11.3 Å². The van der Waals surface area contributed by atoms with Crippen molar-refractivity contribution < 1.29 is 4.42 Å². The normalized spacial score (nSPS) is 12.1. The third-order valence-corrected chi connectivity index (χ3v) is 13.9. The molecule has 0 bridgehead atoms. The van der Waals surface area contributed by atoms with Gasteiger partial charge in [-0.05, 0) is 54.1 Å². The Morgan fingerprint density at radius 2 is 0.938 bits per heavy atom. The van der Waals surface area contributed by atoms with Crippen LogP contribution in [0.15, 0.2) is 205 Å². The summed E-state index contributed by atoms with van der Waals surface area (Å²) in [5.74, 6) is 1.78.